The molecule has 2 amide bonds. The second-order valence-corrected chi connectivity index (χ2v) is 4.89. The fourth-order valence-corrected chi connectivity index (χ4v) is 2.27. The van der Waals surface area contributed by atoms with Gasteiger partial charge in [-0.25, -0.2) is 4.79 Å². The number of carboxylic acid groups (broad SMARTS) is 1. The number of carboxylic acids is 1. The molecule has 2 N–H and O–H groups in total. The lowest BCUT2D eigenvalue weighted by Crippen LogP contribution is -2.46. The van der Waals surface area contributed by atoms with Crippen LogP contribution in [0.2, 0.25) is 0 Å². The first-order valence-corrected chi connectivity index (χ1v) is 6.22. The van der Waals surface area contributed by atoms with Crippen LogP contribution in [0.1, 0.15) is 40.0 Å². The number of hydrogen-bond acceptors (Lipinski definition) is 2. The molecule has 98 valence electrons. The van der Waals surface area contributed by atoms with E-state index in [2.05, 4.69) is 19.2 Å². The largest absolute Gasteiger partial charge is 0.480 e. The summed E-state index contributed by atoms with van der Waals surface area (Å²) in [5, 5.41) is 11.2. The minimum Gasteiger partial charge on any atom is -0.480 e. The number of amides is 2. The van der Waals surface area contributed by atoms with E-state index in [4.69, 9.17) is 5.11 Å². The molecule has 1 aliphatic rings. The van der Waals surface area contributed by atoms with E-state index in [-0.39, 0.29) is 11.4 Å². The highest BCUT2D eigenvalue weighted by atomic mass is 16.4. The predicted molar refractivity (Wildman–Crippen MR) is 64.8 cm³/mol. The molecule has 0 spiro atoms. The second-order valence-electron chi connectivity index (χ2n) is 4.89. The van der Waals surface area contributed by atoms with Gasteiger partial charge >= 0.3 is 12.0 Å². The zero-order valence-corrected chi connectivity index (χ0v) is 10.8. The summed E-state index contributed by atoms with van der Waals surface area (Å²) in [5.41, 5.74) is 0.226. The van der Waals surface area contributed by atoms with E-state index in [1.54, 1.807) is 4.90 Å². The fraction of sp³-hybridized carbons (Fsp3) is 0.833. The molecule has 5 heteroatoms. The van der Waals surface area contributed by atoms with E-state index in [0.717, 1.165) is 32.4 Å². The SMILES string of the molecule is CCC1(CC)CCN(C(=O)NC(C)C(=O)O)C1. The quantitative estimate of drug-likeness (QED) is 0.788. The Kier molecular flexibility index (Phi) is 4.37. The van der Waals surface area contributed by atoms with Crippen molar-refractivity contribution >= 4 is 12.0 Å². The van der Waals surface area contributed by atoms with Gasteiger partial charge < -0.3 is 15.3 Å². The summed E-state index contributed by atoms with van der Waals surface area (Å²) in [7, 11) is 0. The van der Waals surface area contributed by atoms with Crippen molar-refractivity contribution in [3.8, 4) is 0 Å². The Morgan fingerprint density at radius 3 is 2.41 bits per heavy atom. The zero-order valence-electron chi connectivity index (χ0n) is 10.8. The van der Waals surface area contributed by atoms with E-state index >= 15 is 0 Å². The van der Waals surface area contributed by atoms with Crippen LogP contribution in [0.5, 0.6) is 0 Å². The van der Waals surface area contributed by atoms with Crippen molar-refractivity contribution in [2.45, 2.75) is 46.1 Å². The minimum atomic E-state index is -1.00. The lowest BCUT2D eigenvalue weighted by molar-refractivity contribution is -0.138. The van der Waals surface area contributed by atoms with Crippen molar-refractivity contribution in [3.63, 3.8) is 0 Å². The van der Waals surface area contributed by atoms with Crippen LogP contribution in [0.15, 0.2) is 0 Å². The van der Waals surface area contributed by atoms with Gasteiger partial charge in [0.25, 0.3) is 0 Å². The summed E-state index contributed by atoms with van der Waals surface area (Å²) in [5.74, 6) is -1.00. The summed E-state index contributed by atoms with van der Waals surface area (Å²) in [4.78, 5) is 24.2. The van der Waals surface area contributed by atoms with Gasteiger partial charge in [-0.05, 0) is 31.6 Å². The molecule has 1 unspecified atom stereocenters. The molecule has 0 aromatic carbocycles. The molecule has 1 atom stereocenters. The van der Waals surface area contributed by atoms with Gasteiger partial charge in [0.2, 0.25) is 0 Å². The number of rotatable bonds is 4. The molecule has 0 bridgehead atoms. The number of likely N-dealkylation sites (tertiary alicyclic amines) is 1. The first-order chi connectivity index (χ1) is 7.94. The van der Waals surface area contributed by atoms with E-state index in [1.165, 1.54) is 6.92 Å². The zero-order chi connectivity index (χ0) is 13.1. The molecule has 1 rings (SSSR count). The van der Waals surface area contributed by atoms with Gasteiger partial charge in [0.15, 0.2) is 0 Å². The Labute approximate surface area is 102 Å². The normalized spacial score (nSPS) is 20.1. The van der Waals surface area contributed by atoms with E-state index < -0.39 is 12.0 Å². The second kappa shape index (κ2) is 5.38. The number of urea groups is 1. The summed E-state index contributed by atoms with van der Waals surface area (Å²) in [6, 6.07) is -1.09. The highest BCUT2D eigenvalue weighted by Gasteiger charge is 2.37. The van der Waals surface area contributed by atoms with Crippen LogP contribution in [0.3, 0.4) is 0 Å². The van der Waals surface area contributed by atoms with Gasteiger partial charge in [-0.1, -0.05) is 13.8 Å². The van der Waals surface area contributed by atoms with Crippen LogP contribution in [-0.2, 0) is 4.79 Å². The van der Waals surface area contributed by atoms with Gasteiger partial charge in [-0.3, -0.25) is 4.79 Å². The molecular formula is C12H22N2O3. The highest BCUT2D eigenvalue weighted by molar-refractivity contribution is 5.82. The molecule has 0 aromatic rings. The van der Waals surface area contributed by atoms with Crippen molar-refractivity contribution in [1.82, 2.24) is 10.2 Å². The lowest BCUT2D eigenvalue weighted by atomic mass is 9.82. The molecule has 5 nitrogen and oxygen atoms in total. The maximum Gasteiger partial charge on any atom is 0.325 e. The monoisotopic (exact) mass is 242 g/mol. The minimum absolute atomic E-state index is 0.226. The molecule has 0 saturated carbocycles. The first-order valence-electron chi connectivity index (χ1n) is 6.22. The molecule has 1 heterocycles. The number of hydrogen-bond donors (Lipinski definition) is 2. The van der Waals surface area contributed by atoms with Crippen LogP contribution in [0.4, 0.5) is 4.79 Å². The first kappa shape index (κ1) is 13.8. The topological polar surface area (TPSA) is 69.6 Å². The third kappa shape index (κ3) is 3.11. The van der Waals surface area contributed by atoms with Crippen LogP contribution in [0, 0.1) is 5.41 Å². The van der Waals surface area contributed by atoms with Crippen molar-refractivity contribution in [3.05, 3.63) is 0 Å². The predicted octanol–water partition coefficient (Wildman–Crippen LogP) is 1.68. The number of nitrogens with one attached hydrogen (secondary N) is 1. The van der Waals surface area contributed by atoms with Crippen LogP contribution in [-0.4, -0.2) is 41.1 Å². The Morgan fingerprint density at radius 2 is 2.00 bits per heavy atom. The molecule has 0 aromatic heterocycles. The van der Waals surface area contributed by atoms with Crippen molar-refractivity contribution < 1.29 is 14.7 Å². The average Bonchev–Trinajstić information content (AvgIpc) is 2.74. The number of aliphatic carboxylic acids is 1. The Hall–Kier alpha value is -1.26. The molecule has 1 fully saturated rings. The summed E-state index contributed by atoms with van der Waals surface area (Å²) in [6.07, 6.45) is 3.12. The molecule has 0 radical (unpaired) electrons. The summed E-state index contributed by atoms with van der Waals surface area (Å²) >= 11 is 0. The Morgan fingerprint density at radius 1 is 1.41 bits per heavy atom. The number of carbonyl (C=O) groups is 2. The Balaban J connectivity index is 2.53. The standard InChI is InChI=1S/C12H22N2O3/c1-4-12(5-2)6-7-14(8-12)11(17)13-9(3)10(15)16/h9H,4-8H2,1-3H3,(H,13,17)(H,15,16). The van der Waals surface area contributed by atoms with Gasteiger partial charge in [0.1, 0.15) is 6.04 Å². The van der Waals surface area contributed by atoms with Gasteiger partial charge in [0.05, 0.1) is 0 Å². The summed E-state index contributed by atoms with van der Waals surface area (Å²) in [6.45, 7) is 7.22. The van der Waals surface area contributed by atoms with Crippen LogP contribution >= 0.6 is 0 Å². The third-order valence-electron chi connectivity index (χ3n) is 3.94. The van der Waals surface area contributed by atoms with Crippen LogP contribution < -0.4 is 5.32 Å². The molecule has 17 heavy (non-hydrogen) atoms. The summed E-state index contributed by atoms with van der Waals surface area (Å²) < 4.78 is 0. The van der Waals surface area contributed by atoms with Gasteiger partial charge in [0, 0.05) is 13.1 Å². The average molecular weight is 242 g/mol. The molecule has 1 saturated heterocycles. The van der Waals surface area contributed by atoms with Gasteiger partial charge in [-0.15, -0.1) is 0 Å². The highest BCUT2D eigenvalue weighted by Crippen LogP contribution is 2.36. The van der Waals surface area contributed by atoms with E-state index in [9.17, 15) is 9.59 Å². The third-order valence-corrected chi connectivity index (χ3v) is 3.94. The van der Waals surface area contributed by atoms with Gasteiger partial charge in [-0.2, -0.15) is 0 Å². The molecule has 1 aliphatic heterocycles. The number of nitrogens with zero attached hydrogens (tertiary/aromatic N) is 1. The van der Waals surface area contributed by atoms with E-state index in [1.807, 2.05) is 0 Å². The fourth-order valence-electron chi connectivity index (χ4n) is 2.27. The maximum absolute atomic E-state index is 11.8. The van der Waals surface area contributed by atoms with Crippen molar-refractivity contribution in [2.75, 3.05) is 13.1 Å². The molecular weight excluding hydrogens is 220 g/mol. The Bertz CT molecular complexity index is 300. The van der Waals surface area contributed by atoms with Crippen LogP contribution in [0.25, 0.3) is 0 Å². The maximum atomic E-state index is 11.8. The van der Waals surface area contributed by atoms with E-state index in [0.29, 0.717) is 0 Å². The molecule has 0 aliphatic carbocycles. The van der Waals surface area contributed by atoms with Crippen molar-refractivity contribution in [1.29, 1.82) is 0 Å². The lowest BCUT2D eigenvalue weighted by Gasteiger charge is -2.26. The van der Waals surface area contributed by atoms with Crippen molar-refractivity contribution in [2.24, 2.45) is 5.41 Å². The smallest absolute Gasteiger partial charge is 0.325 e. The number of carbonyl (C=O) groups excluding carboxylic acids is 1.